The summed E-state index contributed by atoms with van der Waals surface area (Å²) < 4.78 is 21.5. The van der Waals surface area contributed by atoms with E-state index in [2.05, 4.69) is 10.0 Å². The second-order valence-corrected chi connectivity index (χ2v) is 5.86. The maximum absolute atomic E-state index is 13.8. The molecule has 0 fully saturated rings. The van der Waals surface area contributed by atoms with Crippen molar-refractivity contribution in [3.05, 3.63) is 59.4 Å². The van der Waals surface area contributed by atoms with Crippen LogP contribution in [0.3, 0.4) is 0 Å². The first-order valence-corrected chi connectivity index (χ1v) is 8.16. The fraction of sp³-hybridized carbons (Fsp3) is 0.176. The molecule has 1 amide bonds. The van der Waals surface area contributed by atoms with Gasteiger partial charge in [0.2, 0.25) is 0 Å². The summed E-state index contributed by atoms with van der Waals surface area (Å²) >= 11 is 1.15. The number of carboxylic acid groups (broad SMARTS) is 1. The predicted octanol–water partition coefficient (Wildman–Crippen LogP) is 3.02. The maximum atomic E-state index is 13.8. The highest BCUT2D eigenvalue weighted by molar-refractivity contribution is 8.00. The number of hydrogen-bond donors (Lipinski definition) is 3. The Morgan fingerprint density at radius 1 is 1.16 bits per heavy atom. The summed E-state index contributed by atoms with van der Waals surface area (Å²) in [5.74, 6) is -2.03. The minimum Gasteiger partial charge on any atom is -0.478 e. The standard InChI is InChI=1S/C17H17FN2O4S/c1-24-9-8-19-16(21)11-2-5-13(6-3-11)25-20-15-7-4-12(17(22)23)10-14(15)18/h2-7,10,20H,8-9H2,1H3,(H,19,21)(H,22,23). The number of rotatable bonds is 8. The minimum absolute atomic E-state index is 0.114. The summed E-state index contributed by atoms with van der Waals surface area (Å²) in [4.78, 5) is 23.4. The fourth-order valence-corrected chi connectivity index (χ4v) is 2.55. The number of aromatic carboxylic acids is 1. The highest BCUT2D eigenvalue weighted by Gasteiger charge is 2.09. The Morgan fingerprint density at radius 2 is 1.84 bits per heavy atom. The highest BCUT2D eigenvalue weighted by Crippen LogP contribution is 2.24. The van der Waals surface area contributed by atoms with E-state index in [-0.39, 0.29) is 17.2 Å². The fourth-order valence-electron chi connectivity index (χ4n) is 1.89. The van der Waals surface area contributed by atoms with Crippen molar-refractivity contribution < 1.29 is 23.8 Å². The van der Waals surface area contributed by atoms with E-state index in [1.54, 1.807) is 31.4 Å². The van der Waals surface area contributed by atoms with E-state index >= 15 is 0 Å². The van der Waals surface area contributed by atoms with Gasteiger partial charge in [0.1, 0.15) is 5.82 Å². The molecular weight excluding hydrogens is 347 g/mol. The van der Waals surface area contributed by atoms with Gasteiger partial charge in [-0.05, 0) is 54.4 Å². The lowest BCUT2D eigenvalue weighted by atomic mass is 10.2. The molecule has 0 bridgehead atoms. The Balaban J connectivity index is 1.93. The van der Waals surface area contributed by atoms with Crippen LogP contribution in [0.2, 0.25) is 0 Å². The summed E-state index contributed by atoms with van der Waals surface area (Å²) in [6, 6.07) is 10.4. The smallest absolute Gasteiger partial charge is 0.335 e. The Labute approximate surface area is 148 Å². The molecule has 0 radical (unpaired) electrons. The lowest BCUT2D eigenvalue weighted by Crippen LogP contribution is -2.26. The van der Waals surface area contributed by atoms with Crippen LogP contribution in [-0.2, 0) is 4.74 Å². The van der Waals surface area contributed by atoms with E-state index in [1.807, 2.05) is 0 Å². The van der Waals surface area contributed by atoms with Crippen molar-refractivity contribution in [3.8, 4) is 0 Å². The molecule has 2 aromatic rings. The maximum Gasteiger partial charge on any atom is 0.335 e. The van der Waals surface area contributed by atoms with Gasteiger partial charge in [0.05, 0.1) is 17.9 Å². The van der Waals surface area contributed by atoms with Gasteiger partial charge in [-0.2, -0.15) is 0 Å². The molecule has 0 saturated heterocycles. The van der Waals surface area contributed by atoms with E-state index < -0.39 is 11.8 Å². The molecule has 0 heterocycles. The number of nitrogens with one attached hydrogen (secondary N) is 2. The van der Waals surface area contributed by atoms with Gasteiger partial charge in [0.25, 0.3) is 5.91 Å². The molecular formula is C17H17FN2O4S. The average molecular weight is 364 g/mol. The summed E-state index contributed by atoms with van der Waals surface area (Å²) in [5, 5.41) is 11.5. The van der Waals surface area contributed by atoms with E-state index in [0.717, 1.165) is 22.9 Å². The molecule has 2 aromatic carbocycles. The van der Waals surface area contributed by atoms with E-state index in [0.29, 0.717) is 18.7 Å². The molecule has 2 rings (SSSR count). The van der Waals surface area contributed by atoms with Crippen LogP contribution < -0.4 is 10.0 Å². The molecule has 0 unspecified atom stereocenters. The molecule has 25 heavy (non-hydrogen) atoms. The zero-order valence-corrected chi connectivity index (χ0v) is 14.2. The van der Waals surface area contributed by atoms with Crippen molar-refractivity contribution in [3.63, 3.8) is 0 Å². The van der Waals surface area contributed by atoms with Gasteiger partial charge in [0.15, 0.2) is 0 Å². The summed E-state index contributed by atoms with van der Waals surface area (Å²) in [5.41, 5.74) is 0.575. The summed E-state index contributed by atoms with van der Waals surface area (Å²) in [6.07, 6.45) is 0. The molecule has 0 spiro atoms. The molecule has 8 heteroatoms. The Hall–Kier alpha value is -2.58. The second-order valence-electron chi connectivity index (χ2n) is 4.98. The van der Waals surface area contributed by atoms with Crippen LogP contribution >= 0.6 is 11.9 Å². The van der Waals surface area contributed by atoms with Gasteiger partial charge >= 0.3 is 5.97 Å². The zero-order valence-electron chi connectivity index (χ0n) is 13.4. The number of halogens is 1. The Kier molecular flexibility index (Phi) is 6.79. The second kappa shape index (κ2) is 9.05. The third-order valence-electron chi connectivity index (χ3n) is 3.20. The van der Waals surface area contributed by atoms with Gasteiger partial charge in [-0.3, -0.25) is 4.79 Å². The van der Waals surface area contributed by atoms with E-state index in [1.165, 1.54) is 12.1 Å². The van der Waals surface area contributed by atoms with Crippen LogP contribution in [-0.4, -0.2) is 37.2 Å². The first-order chi connectivity index (χ1) is 12.0. The topological polar surface area (TPSA) is 87.7 Å². The minimum atomic E-state index is -1.18. The normalized spacial score (nSPS) is 10.3. The average Bonchev–Trinajstić information content (AvgIpc) is 2.61. The quantitative estimate of drug-likeness (QED) is 0.493. The van der Waals surface area contributed by atoms with E-state index in [4.69, 9.17) is 9.84 Å². The van der Waals surface area contributed by atoms with Crippen molar-refractivity contribution >= 4 is 29.5 Å². The van der Waals surface area contributed by atoms with Crippen molar-refractivity contribution in [2.24, 2.45) is 0 Å². The third-order valence-corrected chi connectivity index (χ3v) is 4.03. The van der Waals surface area contributed by atoms with Crippen LogP contribution in [0.15, 0.2) is 47.4 Å². The molecule has 0 atom stereocenters. The third kappa shape index (κ3) is 5.47. The zero-order chi connectivity index (χ0) is 18.2. The van der Waals surface area contributed by atoms with Crippen molar-refractivity contribution in [1.82, 2.24) is 5.32 Å². The van der Waals surface area contributed by atoms with Crippen LogP contribution in [0.25, 0.3) is 0 Å². The number of carbonyl (C=O) groups is 2. The van der Waals surface area contributed by atoms with Gasteiger partial charge in [-0.25, -0.2) is 9.18 Å². The summed E-state index contributed by atoms with van der Waals surface area (Å²) in [7, 11) is 1.56. The number of methoxy groups -OCH3 is 1. The molecule has 132 valence electrons. The Morgan fingerprint density at radius 3 is 2.44 bits per heavy atom. The van der Waals surface area contributed by atoms with Crippen LogP contribution in [0.1, 0.15) is 20.7 Å². The molecule has 0 aliphatic carbocycles. The van der Waals surface area contributed by atoms with Crippen molar-refractivity contribution in [1.29, 1.82) is 0 Å². The van der Waals surface area contributed by atoms with Crippen LogP contribution in [0.5, 0.6) is 0 Å². The SMILES string of the molecule is COCCNC(=O)c1ccc(SNc2ccc(C(=O)O)cc2F)cc1. The van der Waals surface area contributed by atoms with Crippen molar-refractivity contribution in [2.75, 3.05) is 25.0 Å². The number of carbonyl (C=O) groups excluding carboxylic acids is 1. The molecule has 0 aliphatic rings. The first-order valence-electron chi connectivity index (χ1n) is 7.34. The van der Waals surface area contributed by atoms with Crippen LogP contribution in [0, 0.1) is 5.82 Å². The first kappa shape index (κ1) is 18.8. The highest BCUT2D eigenvalue weighted by atomic mass is 32.2. The number of benzene rings is 2. The van der Waals surface area contributed by atoms with Crippen molar-refractivity contribution in [2.45, 2.75) is 4.90 Å². The molecule has 6 nitrogen and oxygen atoms in total. The number of amides is 1. The number of carboxylic acids is 1. The Bertz CT molecular complexity index is 753. The molecule has 3 N–H and O–H groups in total. The largest absolute Gasteiger partial charge is 0.478 e. The van der Waals surface area contributed by atoms with Crippen LogP contribution in [0.4, 0.5) is 10.1 Å². The summed E-state index contributed by atoms with van der Waals surface area (Å²) in [6.45, 7) is 0.870. The van der Waals surface area contributed by atoms with Gasteiger partial charge in [0, 0.05) is 24.1 Å². The monoisotopic (exact) mass is 364 g/mol. The van der Waals surface area contributed by atoms with Gasteiger partial charge in [-0.1, -0.05) is 0 Å². The van der Waals surface area contributed by atoms with E-state index in [9.17, 15) is 14.0 Å². The molecule has 0 saturated carbocycles. The van der Waals surface area contributed by atoms with Gasteiger partial charge in [-0.15, -0.1) is 0 Å². The van der Waals surface area contributed by atoms with Gasteiger partial charge < -0.3 is 19.9 Å². The molecule has 0 aliphatic heterocycles. The lowest BCUT2D eigenvalue weighted by Gasteiger charge is -2.08. The lowest BCUT2D eigenvalue weighted by molar-refractivity contribution is 0.0696. The molecule has 0 aromatic heterocycles. The number of ether oxygens (including phenoxy) is 1. The predicted molar refractivity (Wildman–Crippen MR) is 93.5 cm³/mol. The number of hydrogen-bond acceptors (Lipinski definition) is 5. The number of anilines is 1.